The van der Waals surface area contributed by atoms with Gasteiger partial charge in [-0.3, -0.25) is 4.79 Å². The summed E-state index contributed by atoms with van der Waals surface area (Å²) in [5.74, 6) is 2.20. The molecule has 1 amide bonds. The highest BCUT2D eigenvalue weighted by Gasteiger charge is 2.45. The van der Waals surface area contributed by atoms with Crippen LogP contribution in [-0.4, -0.2) is 41.4 Å². The fraction of sp³-hybridized carbons (Fsp3) is 0.667. The van der Waals surface area contributed by atoms with Gasteiger partial charge in [0, 0.05) is 18.8 Å². The molecular weight excluding hydrogens is 378 g/mol. The Hall–Kier alpha value is -1.51. The van der Waals surface area contributed by atoms with E-state index in [9.17, 15) is 10.1 Å². The number of piperidine rings is 1. The van der Waals surface area contributed by atoms with Gasteiger partial charge < -0.3 is 10.6 Å². The molecule has 2 heterocycles. The molecule has 0 aliphatic carbocycles. The first-order chi connectivity index (χ1) is 14.0. The Morgan fingerprint density at radius 2 is 1.83 bits per heavy atom. The average molecular weight is 418 g/mol. The number of hydrogen-bond acceptors (Lipinski definition) is 4. The van der Waals surface area contributed by atoms with Crippen LogP contribution in [0, 0.1) is 29.6 Å². The lowest BCUT2D eigenvalue weighted by atomic mass is 9.80. The van der Waals surface area contributed by atoms with Gasteiger partial charge in [0.1, 0.15) is 6.04 Å². The van der Waals surface area contributed by atoms with E-state index in [1.807, 2.05) is 32.6 Å². The quantitative estimate of drug-likeness (QED) is 0.764. The maximum atomic E-state index is 12.8. The number of nitrogens with two attached hydrogens (primary N) is 1. The van der Waals surface area contributed by atoms with Crippen LogP contribution in [0.5, 0.6) is 0 Å². The largest absolute Gasteiger partial charge is 0.341 e. The second-order valence-electron chi connectivity index (χ2n) is 7.51. The van der Waals surface area contributed by atoms with E-state index in [-0.39, 0.29) is 5.91 Å². The molecule has 29 heavy (non-hydrogen) atoms. The number of carbonyl (C=O) groups excluding carboxylic acids is 1. The van der Waals surface area contributed by atoms with E-state index in [4.69, 9.17) is 5.73 Å². The second kappa shape index (κ2) is 12.9. The summed E-state index contributed by atoms with van der Waals surface area (Å²) in [6.45, 7) is 11.6. The molecule has 1 aromatic carbocycles. The molecule has 2 fully saturated rings. The zero-order chi connectivity index (χ0) is 21.9. The van der Waals surface area contributed by atoms with E-state index >= 15 is 0 Å². The molecule has 0 bridgehead atoms. The summed E-state index contributed by atoms with van der Waals surface area (Å²) in [5, 5.41) is 9.55. The predicted molar refractivity (Wildman–Crippen MR) is 125 cm³/mol. The van der Waals surface area contributed by atoms with Gasteiger partial charge in [-0.2, -0.15) is 17.0 Å². The lowest BCUT2D eigenvalue weighted by molar-refractivity contribution is -0.136. The molecule has 2 saturated heterocycles. The molecule has 0 saturated carbocycles. The van der Waals surface area contributed by atoms with Crippen LogP contribution in [0.25, 0.3) is 0 Å². The molecule has 2 aliphatic rings. The van der Waals surface area contributed by atoms with Crippen molar-refractivity contribution in [1.29, 1.82) is 5.26 Å². The van der Waals surface area contributed by atoms with Crippen LogP contribution in [0.4, 0.5) is 0 Å². The van der Waals surface area contributed by atoms with Crippen molar-refractivity contribution in [2.75, 3.05) is 24.6 Å². The monoisotopic (exact) mass is 417 g/mol. The highest BCUT2D eigenvalue weighted by Crippen LogP contribution is 2.38. The number of benzene rings is 1. The van der Waals surface area contributed by atoms with Crippen LogP contribution in [0.15, 0.2) is 24.3 Å². The number of likely N-dealkylation sites (tertiary alicyclic amines) is 1. The second-order valence-corrected chi connectivity index (χ2v) is 8.61. The van der Waals surface area contributed by atoms with Crippen LogP contribution in [0.3, 0.4) is 0 Å². The molecular formula is C24H39N3OS. The van der Waals surface area contributed by atoms with Crippen LogP contribution >= 0.6 is 11.8 Å². The fourth-order valence-electron chi connectivity index (χ4n) is 3.83. The van der Waals surface area contributed by atoms with Gasteiger partial charge in [-0.15, -0.1) is 0 Å². The molecule has 4 nitrogen and oxygen atoms in total. The molecule has 0 aromatic heterocycles. The average Bonchev–Trinajstić information content (AvgIpc) is 3.28. The Morgan fingerprint density at radius 3 is 2.31 bits per heavy atom. The third-order valence-corrected chi connectivity index (χ3v) is 6.92. The van der Waals surface area contributed by atoms with Crippen molar-refractivity contribution in [3.8, 4) is 6.07 Å². The molecule has 5 heteroatoms. The lowest BCUT2D eigenvalue weighted by Crippen LogP contribution is -2.54. The molecule has 1 aromatic rings. The van der Waals surface area contributed by atoms with Gasteiger partial charge in [-0.05, 0) is 49.8 Å². The van der Waals surface area contributed by atoms with Crippen molar-refractivity contribution in [2.24, 2.45) is 17.1 Å². The Morgan fingerprint density at radius 1 is 1.24 bits per heavy atom. The minimum absolute atomic E-state index is 0.0298. The maximum Gasteiger partial charge on any atom is 0.241 e. The van der Waals surface area contributed by atoms with Crippen LogP contribution in [0.1, 0.15) is 58.1 Å². The van der Waals surface area contributed by atoms with Crippen molar-refractivity contribution < 1.29 is 4.79 Å². The first-order valence-electron chi connectivity index (χ1n) is 11.1. The first kappa shape index (κ1) is 25.5. The van der Waals surface area contributed by atoms with E-state index in [0.29, 0.717) is 11.7 Å². The van der Waals surface area contributed by atoms with Gasteiger partial charge >= 0.3 is 0 Å². The number of aryl methyl sites for hydroxylation is 1. The maximum absolute atomic E-state index is 12.8. The number of amides is 1. The Labute approximate surface area is 182 Å². The Kier molecular flexibility index (Phi) is 11.4. The van der Waals surface area contributed by atoms with E-state index in [1.165, 1.54) is 11.1 Å². The molecule has 162 valence electrons. The third-order valence-electron chi connectivity index (χ3n) is 5.71. The normalized spacial score (nSPS) is 22.4. The highest BCUT2D eigenvalue weighted by molar-refractivity contribution is 7.99. The zero-order valence-electron chi connectivity index (χ0n) is 18.9. The molecule has 0 radical (unpaired) electrons. The minimum atomic E-state index is -0.679. The van der Waals surface area contributed by atoms with Crippen molar-refractivity contribution in [3.05, 3.63) is 35.4 Å². The highest BCUT2D eigenvalue weighted by atomic mass is 32.2. The summed E-state index contributed by atoms with van der Waals surface area (Å²) in [6, 6.07) is 10.4. The number of thioether (sulfide) groups is 1. The summed E-state index contributed by atoms with van der Waals surface area (Å²) in [5.41, 5.74) is 8.24. The van der Waals surface area contributed by atoms with Crippen molar-refractivity contribution >= 4 is 17.7 Å². The van der Waals surface area contributed by atoms with E-state index in [1.54, 1.807) is 11.8 Å². The topological polar surface area (TPSA) is 70.1 Å². The molecule has 0 spiro atoms. The number of hydrogen-bond donors (Lipinski definition) is 1. The molecule has 2 unspecified atom stereocenters. The Balaban J connectivity index is 0.000000989. The van der Waals surface area contributed by atoms with Crippen LogP contribution in [-0.2, 0) is 11.2 Å². The van der Waals surface area contributed by atoms with Crippen LogP contribution in [0.2, 0.25) is 0 Å². The van der Waals surface area contributed by atoms with E-state index in [2.05, 4.69) is 37.3 Å². The van der Waals surface area contributed by atoms with E-state index in [0.717, 1.165) is 44.5 Å². The summed E-state index contributed by atoms with van der Waals surface area (Å²) in [4.78, 5) is 14.7. The standard InChI is InChI=1S/C20H27N3OS.2C2H6/c1-15-2-4-16(5-3-15)12-17-6-9-23(10-7-17)19(24)18(22)20(13-21)8-11-25-14-20;2*1-2/h2-5,17-18H,6-12,14,22H2,1H3;2*1-2H3. The van der Waals surface area contributed by atoms with Gasteiger partial charge in [-0.25, -0.2) is 0 Å². The molecule has 2 atom stereocenters. The van der Waals surface area contributed by atoms with E-state index < -0.39 is 11.5 Å². The number of rotatable bonds is 4. The van der Waals surface area contributed by atoms with Crippen LogP contribution < -0.4 is 5.73 Å². The molecule has 3 rings (SSSR count). The predicted octanol–water partition coefficient (Wildman–Crippen LogP) is 4.80. The van der Waals surface area contributed by atoms with Crippen molar-refractivity contribution in [1.82, 2.24) is 4.90 Å². The summed E-state index contributed by atoms with van der Waals surface area (Å²) in [7, 11) is 0. The smallest absolute Gasteiger partial charge is 0.241 e. The zero-order valence-corrected chi connectivity index (χ0v) is 19.7. The number of nitrogens with zero attached hydrogens (tertiary/aromatic N) is 2. The summed E-state index contributed by atoms with van der Waals surface area (Å²) >= 11 is 1.73. The first-order valence-corrected chi connectivity index (χ1v) is 12.3. The minimum Gasteiger partial charge on any atom is -0.341 e. The molecule has 2 N–H and O–H groups in total. The lowest BCUT2D eigenvalue weighted by Gasteiger charge is -2.36. The fourth-order valence-corrected chi connectivity index (χ4v) is 5.24. The SMILES string of the molecule is CC.CC.Cc1ccc(CC2CCN(C(=O)C(N)C3(C#N)CCSC3)CC2)cc1. The Bertz CT molecular complexity index is 639. The number of nitriles is 1. The molecule has 2 aliphatic heterocycles. The van der Waals surface area contributed by atoms with Crippen molar-refractivity contribution in [3.63, 3.8) is 0 Å². The summed E-state index contributed by atoms with van der Waals surface area (Å²) in [6.07, 6.45) is 3.83. The van der Waals surface area contributed by atoms with Gasteiger partial charge in [-0.1, -0.05) is 57.5 Å². The van der Waals surface area contributed by atoms with Crippen molar-refractivity contribution in [2.45, 2.75) is 66.3 Å². The van der Waals surface area contributed by atoms with Gasteiger partial charge in [0.25, 0.3) is 0 Å². The number of carbonyl (C=O) groups is 1. The third kappa shape index (κ3) is 6.76. The summed E-state index contributed by atoms with van der Waals surface area (Å²) < 4.78 is 0. The van der Waals surface area contributed by atoms with Gasteiger partial charge in [0.2, 0.25) is 5.91 Å². The van der Waals surface area contributed by atoms with Gasteiger partial charge in [0.15, 0.2) is 0 Å². The van der Waals surface area contributed by atoms with Gasteiger partial charge in [0.05, 0.1) is 11.5 Å².